The van der Waals surface area contributed by atoms with Crippen LogP contribution in [0.25, 0.3) is 34.0 Å². The van der Waals surface area contributed by atoms with E-state index in [4.69, 9.17) is 14.4 Å². The van der Waals surface area contributed by atoms with Crippen LogP contribution in [0.5, 0.6) is 0 Å². The second-order valence-electron chi connectivity index (χ2n) is 10.9. The molecule has 0 amide bonds. The lowest BCUT2D eigenvalue weighted by molar-refractivity contribution is 0.0339. The highest BCUT2D eigenvalue weighted by Crippen LogP contribution is 2.49. The van der Waals surface area contributed by atoms with Crippen LogP contribution in [0.4, 0.5) is 4.39 Å². The first-order chi connectivity index (χ1) is 17.1. The lowest BCUT2D eigenvalue weighted by Gasteiger charge is -2.47. The van der Waals surface area contributed by atoms with Gasteiger partial charge in [-0.15, -0.1) is 0 Å². The smallest absolute Gasteiger partial charge is 0.181 e. The van der Waals surface area contributed by atoms with Crippen LogP contribution in [0.15, 0.2) is 28.8 Å². The van der Waals surface area contributed by atoms with E-state index < -0.39 is 5.82 Å². The number of aromatic amines is 1. The quantitative estimate of drug-likeness (QED) is 0.377. The van der Waals surface area contributed by atoms with E-state index in [-0.39, 0.29) is 0 Å². The Balaban J connectivity index is 1.33. The number of H-pyrrole nitrogens is 1. The molecule has 4 aromatic heterocycles. The summed E-state index contributed by atoms with van der Waals surface area (Å²) in [5.41, 5.74) is 4.17. The zero-order chi connectivity index (χ0) is 23.5. The maximum atomic E-state index is 14.0. The standard InChI is InChI=1S/C28H30FN5O/c1-15-16-6-8-17(9-7-16)21(15)12-20-13-23(25-10-18-4-2-3-5-24(18)35-25)32-28(31-20)26-22-11-19(29)14-30-27(22)34-33-26/h10-11,13-17,21H,2-9,12H2,1H3,(H,30,33,34). The van der Waals surface area contributed by atoms with Gasteiger partial charge >= 0.3 is 0 Å². The molecule has 4 heterocycles. The molecule has 0 saturated heterocycles. The number of nitrogens with zero attached hydrogens (tertiary/aromatic N) is 4. The van der Waals surface area contributed by atoms with Gasteiger partial charge < -0.3 is 4.42 Å². The average molecular weight is 472 g/mol. The number of rotatable bonds is 4. The molecule has 2 unspecified atom stereocenters. The summed E-state index contributed by atoms with van der Waals surface area (Å²) in [5, 5.41) is 7.88. The summed E-state index contributed by atoms with van der Waals surface area (Å²) in [4.78, 5) is 14.0. The summed E-state index contributed by atoms with van der Waals surface area (Å²) in [7, 11) is 0. The summed E-state index contributed by atoms with van der Waals surface area (Å²) < 4.78 is 20.3. The molecule has 7 heteroatoms. The third-order valence-corrected chi connectivity index (χ3v) is 8.91. The molecular weight excluding hydrogens is 441 g/mol. The molecule has 8 rings (SSSR count). The molecule has 0 spiro atoms. The number of nitrogens with one attached hydrogen (secondary N) is 1. The van der Waals surface area contributed by atoms with Crippen molar-refractivity contribution < 1.29 is 8.81 Å². The zero-order valence-electron chi connectivity index (χ0n) is 20.1. The predicted octanol–water partition coefficient (Wildman–Crippen LogP) is 6.31. The van der Waals surface area contributed by atoms with Gasteiger partial charge in [0.2, 0.25) is 0 Å². The highest BCUT2D eigenvalue weighted by molar-refractivity contribution is 5.88. The van der Waals surface area contributed by atoms with Crippen molar-refractivity contribution >= 4 is 11.0 Å². The Bertz CT molecular complexity index is 1370. The van der Waals surface area contributed by atoms with Gasteiger partial charge in [-0.05, 0) is 98.8 Å². The molecular formula is C28H30FN5O. The first-order valence-corrected chi connectivity index (χ1v) is 13.1. The maximum absolute atomic E-state index is 14.0. The lowest BCUT2D eigenvalue weighted by Crippen LogP contribution is -2.39. The average Bonchev–Trinajstić information content (AvgIpc) is 3.50. The van der Waals surface area contributed by atoms with Gasteiger partial charge in [0.05, 0.1) is 11.6 Å². The van der Waals surface area contributed by atoms with E-state index in [0.29, 0.717) is 34.4 Å². The van der Waals surface area contributed by atoms with Crippen LogP contribution in [0.1, 0.15) is 62.5 Å². The summed E-state index contributed by atoms with van der Waals surface area (Å²) in [6, 6.07) is 5.71. The van der Waals surface area contributed by atoms with Crippen LogP contribution >= 0.6 is 0 Å². The van der Waals surface area contributed by atoms with Crippen molar-refractivity contribution in [2.45, 2.75) is 64.7 Å². The Morgan fingerprint density at radius 3 is 2.69 bits per heavy atom. The molecule has 1 N–H and O–H groups in total. The fourth-order valence-electron chi connectivity index (χ4n) is 6.97. The Morgan fingerprint density at radius 2 is 1.86 bits per heavy atom. The SMILES string of the molecule is CC1C2CCC(CC2)C1Cc1cc(-c2cc3c(o2)CCCC3)nc(-c2[nH]nc3ncc(F)cc23)n1. The van der Waals surface area contributed by atoms with Crippen LogP contribution in [-0.2, 0) is 19.3 Å². The minimum absolute atomic E-state index is 0.401. The van der Waals surface area contributed by atoms with Gasteiger partial charge in [-0.2, -0.15) is 5.10 Å². The molecule has 3 saturated carbocycles. The minimum Gasteiger partial charge on any atom is -0.459 e. The molecule has 4 aromatic rings. The molecule has 0 aromatic carbocycles. The number of aryl methyl sites for hydroxylation is 2. The summed E-state index contributed by atoms with van der Waals surface area (Å²) in [6.45, 7) is 2.43. The van der Waals surface area contributed by atoms with Crippen LogP contribution in [0.2, 0.25) is 0 Å². The second-order valence-corrected chi connectivity index (χ2v) is 10.9. The third kappa shape index (κ3) is 3.67. The minimum atomic E-state index is -0.401. The van der Waals surface area contributed by atoms with Crippen molar-refractivity contribution in [3.8, 4) is 23.0 Å². The van der Waals surface area contributed by atoms with E-state index in [2.05, 4.69) is 34.2 Å². The Hall–Kier alpha value is -3.09. The van der Waals surface area contributed by atoms with Gasteiger partial charge in [0, 0.05) is 12.1 Å². The number of hydrogen-bond acceptors (Lipinski definition) is 5. The highest BCUT2D eigenvalue weighted by atomic mass is 19.1. The zero-order valence-corrected chi connectivity index (χ0v) is 20.1. The van der Waals surface area contributed by atoms with Crippen molar-refractivity contribution in [3.63, 3.8) is 0 Å². The predicted molar refractivity (Wildman–Crippen MR) is 131 cm³/mol. The van der Waals surface area contributed by atoms with Gasteiger partial charge in [0.15, 0.2) is 17.2 Å². The molecule has 3 fully saturated rings. The molecule has 2 bridgehead atoms. The van der Waals surface area contributed by atoms with E-state index in [1.54, 1.807) is 0 Å². The first kappa shape index (κ1) is 21.2. The normalized spacial score (nSPS) is 25.8. The van der Waals surface area contributed by atoms with Crippen LogP contribution in [0, 0.1) is 29.5 Å². The summed E-state index contributed by atoms with van der Waals surface area (Å²) >= 11 is 0. The first-order valence-electron chi connectivity index (χ1n) is 13.1. The van der Waals surface area contributed by atoms with E-state index in [1.807, 2.05) is 0 Å². The van der Waals surface area contributed by atoms with Crippen LogP contribution < -0.4 is 0 Å². The number of hydrogen-bond donors (Lipinski definition) is 1. The number of pyridine rings is 1. The Kier molecular flexibility index (Phi) is 5.00. The van der Waals surface area contributed by atoms with Crippen molar-refractivity contribution in [3.05, 3.63) is 47.2 Å². The Morgan fingerprint density at radius 1 is 1.03 bits per heavy atom. The fourth-order valence-corrected chi connectivity index (χ4v) is 6.97. The lowest BCUT2D eigenvalue weighted by atomic mass is 9.58. The molecule has 6 nitrogen and oxygen atoms in total. The number of halogens is 1. The third-order valence-electron chi connectivity index (χ3n) is 8.91. The molecule has 4 aliphatic rings. The van der Waals surface area contributed by atoms with E-state index >= 15 is 0 Å². The van der Waals surface area contributed by atoms with Crippen LogP contribution in [-0.4, -0.2) is 25.1 Å². The van der Waals surface area contributed by atoms with Gasteiger partial charge in [0.1, 0.15) is 23.0 Å². The van der Waals surface area contributed by atoms with Gasteiger partial charge in [-0.25, -0.2) is 19.3 Å². The molecule has 0 aliphatic heterocycles. The molecule has 180 valence electrons. The number of aromatic nitrogens is 5. The summed E-state index contributed by atoms with van der Waals surface area (Å²) in [6.07, 6.45) is 12.0. The van der Waals surface area contributed by atoms with E-state index in [9.17, 15) is 4.39 Å². The summed E-state index contributed by atoms with van der Waals surface area (Å²) in [5.74, 6) is 4.98. The molecule has 4 aliphatic carbocycles. The molecule has 0 radical (unpaired) electrons. The molecule has 2 atom stereocenters. The van der Waals surface area contributed by atoms with Crippen molar-refractivity contribution in [2.24, 2.45) is 23.7 Å². The van der Waals surface area contributed by atoms with Crippen LogP contribution in [0.3, 0.4) is 0 Å². The maximum Gasteiger partial charge on any atom is 0.181 e. The molecule has 35 heavy (non-hydrogen) atoms. The van der Waals surface area contributed by atoms with Gasteiger partial charge in [-0.1, -0.05) is 6.92 Å². The second kappa shape index (κ2) is 8.25. The number of fused-ring (bicyclic) bond motifs is 5. The highest BCUT2D eigenvalue weighted by Gasteiger charge is 2.41. The number of furan rings is 1. The van der Waals surface area contributed by atoms with Crippen molar-refractivity contribution in [1.29, 1.82) is 0 Å². The topological polar surface area (TPSA) is 80.5 Å². The van der Waals surface area contributed by atoms with Gasteiger partial charge in [0.25, 0.3) is 0 Å². The van der Waals surface area contributed by atoms with Crippen molar-refractivity contribution in [2.75, 3.05) is 0 Å². The van der Waals surface area contributed by atoms with Gasteiger partial charge in [-0.3, -0.25) is 5.10 Å². The Labute approximate surface area is 203 Å². The monoisotopic (exact) mass is 471 g/mol. The van der Waals surface area contributed by atoms with E-state index in [1.165, 1.54) is 56.4 Å². The largest absolute Gasteiger partial charge is 0.459 e. The van der Waals surface area contributed by atoms with E-state index in [0.717, 1.165) is 54.0 Å². The fraction of sp³-hybridized carbons (Fsp3) is 0.500. The van der Waals surface area contributed by atoms with Crippen molar-refractivity contribution in [1.82, 2.24) is 25.1 Å².